The van der Waals surface area contributed by atoms with Gasteiger partial charge in [-0.15, -0.1) is 0 Å². The molecule has 0 unspecified atom stereocenters. The van der Waals surface area contributed by atoms with Gasteiger partial charge in [0.1, 0.15) is 11.6 Å². The van der Waals surface area contributed by atoms with Crippen LogP contribution in [0.2, 0.25) is 0 Å². The predicted molar refractivity (Wildman–Crippen MR) is 78.9 cm³/mol. The minimum absolute atomic E-state index is 0.232. The Balaban J connectivity index is 2.29. The summed E-state index contributed by atoms with van der Waals surface area (Å²) in [5.41, 5.74) is 8.03. The van der Waals surface area contributed by atoms with Crippen LogP contribution in [0.25, 0.3) is 0 Å². The van der Waals surface area contributed by atoms with Gasteiger partial charge in [0.2, 0.25) is 0 Å². The van der Waals surface area contributed by atoms with E-state index in [1.165, 1.54) is 12.1 Å². The summed E-state index contributed by atoms with van der Waals surface area (Å²) in [5, 5.41) is 4.52. The standard InChI is InChI=1S/C13H15FIN3/c1-8(2)12-11(15)13(16)18(17-12)7-9-3-5-10(14)6-4-9/h3-6,8H,7,16H2,1-2H3. The van der Waals surface area contributed by atoms with Crippen molar-refractivity contribution in [3.05, 3.63) is 44.9 Å². The molecule has 0 bridgehead atoms. The molecule has 3 nitrogen and oxygen atoms in total. The van der Waals surface area contributed by atoms with Crippen molar-refractivity contribution >= 4 is 28.4 Å². The van der Waals surface area contributed by atoms with E-state index in [0.29, 0.717) is 18.3 Å². The van der Waals surface area contributed by atoms with Crippen molar-refractivity contribution in [2.45, 2.75) is 26.3 Å². The molecule has 0 aliphatic rings. The first-order valence-electron chi connectivity index (χ1n) is 5.75. The summed E-state index contributed by atoms with van der Waals surface area (Å²) in [6.45, 7) is 4.74. The largest absolute Gasteiger partial charge is 0.383 e. The molecule has 0 aliphatic carbocycles. The number of anilines is 1. The van der Waals surface area contributed by atoms with E-state index in [0.717, 1.165) is 14.8 Å². The number of nitrogens with zero attached hydrogens (tertiary/aromatic N) is 2. The summed E-state index contributed by atoms with van der Waals surface area (Å²) < 4.78 is 15.6. The lowest BCUT2D eigenvalue weighted by atomic mass is 10.1. The Labute approximate surface area is 119 Å². The van der Waals surface area contributed by atoms with Gasteiger partial charge in [-0.05, 0) is 46.2 Å². The molecule has 2 N–H and O–H groups in total. The van der Waals surface area contributed by atoms with Gasteiger partial charge in [-0.25, -0.2) is 9.07 Å². The monoisotopic (exact) mass is 359 g/mol. The number of nitrogen functional groups attached to an aromatic ring is 1. The van der Waals surface area contributed by atoms with Crippen molar-refractivity contribution < 1.29 is 4.39 Å². The molecule has 0 amide bonds. The van der Waals surface area contributed by atoms with E-state index in [1.54, 1.807) is 16.8 Å². The number of halogens is 2. The lowest BCUT2D eigenvalue weighted by Crippen LogP contribution is -2.06. The first kappa shape index (κ1) is 13.3. The molecule has 0 radical (unpaired) electrons. The average molecular weight is 359 g/mol. The van der Waals surface area contributed by atoms with Gasteiger partial charge < -0.3 is 5.73 Å². The Kier molecular flexibility index (Phi) is 3.89. The third kappa shape index (κ3) is 2.66. The van der Waals surface area contributed by atoms with Gasteiger partial charge in [0, 0.05) is 0 Å². The third-order valence-electron chi connectivity index (χ3n) is 2.75. The van der Waals surface area contributed by atoms with Crippen LogP contribution < -0.4 is 5.73 Å². The van der Waals surface area contributed by atoms with E-state index in [9.17, 15) is 4.39 Å². The van der Waals surface area contributed by atoms with E-state index in [4.69, 9.17) is 5.73 Å². The van der Waals surface area contributed by atoms with Crippen LogP contribution in [0.4, 0.5) is 10.2 Å². The van der Waals surface area contributed by atoms with Gasteiger partial charge >= 0.3 is 0 Å². The van der Waals surface area contributed by atoms with E-state index < -0.39 is 0 Å². The average Bonchev–Trinajstić information content (AvgIpc) is 2.60. The summed E-state index contributed by atoms with van der Waals surface area (Å²) in [6, 6.07) is 6.39. The van der Waals surface area contributed by atoms with Crippen LogP contribution in [-0.2, 0) is 6.54 Å². The Bertz CT molecular complexity index is 546. The maximum Gasteiger partial charge on any atom is 0.135 e. The number of nitrogens with two attached hydrogens (primary N) is 1. The lowest BCUT2D eigenvalue weighted by Gasteiger charge is -2.04. The van der Waals surface area contributed by atoms with Gasteiger partial charge in [0.15, 0.2) is 0 Å². The summed E-state index contributed by atoms with van der Waals surface area (Å²) in [6.07, 6.45) is 0. The summed E-state index contributed by atoms with van der Waals surface area (Å²) >= 11 is 2.22. The molecule has 2 rings (SSSR count). The van der Waals surface area contributed by atoms with Crippen LogP contribution >= 0.6 is 22.6 Å². The van der Waals surface area contributed by atoms with E-state index in [-0.39, 0.29) is 5.82 Å². The van der Waals surface area contributed by atoms with Crippen LogP contribution in [0.3, 0.4) is 0 Å². The van der Waals surface area contributed by atoms with Gasteiger partial charge in [0.25, 0.3) is 0 Å². The molecule has 0 saturated carbocycles. The second kappa shape index (κ2) is 5.26. The van der Waals surface area contributed by atoms with Crippen LogP contribution in [0.15, 0.2) is 24.3 Å². The SMILES string of the molecule is CC(C)c1nn(Cc2ccc(F)cc2)c(N)c1I. The molecule has 0 saturated heterocycles. The fourth-order valence-electron chi connectivity index (χ4n) is 1.72. The van der Waals surface area contributed by atoms with Crippen molar-refractivity contribution in [3.8, 4) is 0 Å². The van der Waals surface area contributed by atoms with Gasteiger partial charge in [-0.2, -0.15) is 5.10 Å². The smallest absolute Gasteiger partial charge is 0.135 e. The van der Waals surface area contributed by atoms with Gasteiger partial charge in [-0.1, -0.05) is 26.0 Å². The van der Waals surface area contributed by atoms with E-state index >= 15 is 0 Å². The highest BCUT2D eigenvalue weighted by Crippen LogP contribution is 2.25. The quantitative estimate of drug-likeness (QED) is 0.854. The van der Waals surface area contributed by atoms with E-state index in [2.05, 4.69) is 41.5 Å². The number of aromatic nitrogens is 2. The summed E-state index contributed by atoms with van der Waals surface area (Å²) in [5.74, 6) is 0.780. The minimum atomic E-state index is -0.232. The van der Waals surface area contributed by atoms with Crippen molar-refractivity contribution in [1.29, 1.82) is 0 Å². The first-order chi connectivity index (χ1) is 8.49. The third-order valence-corrected chi connectivity index (χ3v) is 3.85. The fraction of sp³-hybridized carbons (Fsp3) is 0.308. The van der Waals surface area contributed by atoms with Crippen molar-refractivity contribution in [3.63, 3.8) is 0 Å². The Morgan fingerprint density at radius 3 is 2.44 bits per heavy atom. The highest BCUT2D eigenvalue weighted by Gasteiger charge is 2.15. The molecule has 96 valence electrons. The van der Waals surface area contributed by atoms with Crippen molar-refractivity contribution in [1.82, 2.24) is 9.78 Å². The zero-order valence-electron chi connectivity index (χ0n) is 10.3. The Morgan fingerprint density at radius 1 is 1.33 bits per heavy atom. The van der Waals surface area contributed by atoms with Gasteiger partial charge in [0.05, 0.1) is 15.8 Å². The summed E-state index contributed by atoms with van der Waals surface area (Å²) in [7, 11) is 0. The molecule has 5 heteroatoms. The highest BCUT2D eigenvalue weighted by molar-refractivity contribution is 14.1. The zero-order valence-corrected chi connectivity index (χ0v) is 12.5. The Morgan fingerprint density at radius 2 is 1.94 bits per heavy atom. The molecule has 0 atom stereocenters. The molecular weight excluding hydrogens is 344 g/mol. The van der Waals surface area contributed by atoms with E-state index in [1.807, 2.05) is 0 Å². The number of rotatable bonds is 3. The molecule has 1 aromatic carbocycles. The molecule has 18 heavy (non-hydrogen) atoms. The summed E-state index contributed by atoms with van der Waals surface area (Å²) in [4.78, 5) is 0. The minimum Gasteiger partial charge on any atom is -0.383 e. The molecule has 0 spiro atoms. The van der Waals surface area contributed by atoms with Gasteiger partial charge in [-0.3, -0.25) is 0 Å². The van der Waals surface area contributed by atoms with Crippen LogP contribution in [0.5, 0.6) is 0 Å². The normalized spacial score (nSPS) is 11.2. The molecular formula is C13H15FIN3. The molecule has 2 aromatic rings. The molecule has 0 aliphatic heterocycles. The number of hydrogen-bond donors (Lipinski definition) is 1. The van der Waals surface area contributed by atoms with Crippen molar-refractivity contribution in [2.75, 3.05) is 5.73 Å². The highest BCUT2D eigenvalue weighted by atomic mass is 127. The fourth-order valence-corrected chi connectivity index (χ4v) is 2.73. The van der Waals surface area contributed by atoms with Crippen molar-refractivity contribution in [2.24, 2.45) is 0 Å². The number of benzene rings is 1. The first-order valence-corrected chi connectivity index (χ1v) is 6.83. The Hall–Kier alpha value is -1.11. The van der Waals surface area contributed by atoms with Crippen LogP contribution in [0.1, 0.15) is 31.0 Å². The number of hydrogen-bond acceptors (Lipinski definition) is 2. The lowest BCUT2D eigenvalue weighted by molar-refractivity contribution is 0.623. The zero-order chi connectivity index (χ0) is 13.3. The maximum absolute atomic E-state index is 12.8. The molecule has 0 fully saturated rings. The molecule has 1 heterocycles. The molecule has 1 aromatic heterocycles. The maximum atomic E-state index is 12.8. The van der Waals surface area contributed by atoms with Crippen LogP contribution in [0, 0.1) is 9.39 Å². The topological polar surface area (TPSA) is 43.8 Å². The predicted octanol–water partition coefficient (Wildman–Crippen LogP) is 3.38. The second-order valence-corrected chi connectivity index (χ2v) is 5.60. The van der Waals surface area contributed by atoms with Crippen LogP contribution in [-0.4, -0.2) is 9.78 Å². The second-order valence-electron chi connectivity index (χ2n) is 4.52.